The van der Waals surface area contributed by atoms with E-state index in [1.165, 1.54) is 11.7 Å². The van der Waals surface area contributed by atoms with Gasteiger partial charge in [-0.3, -0.25) is 9.36 Å². The predicted molar refractivity (Wildman–Crippen MR) is 199 cm³/mol. The topological polar surface area (TPSA) is 124 Å². The molecule has 0 unspecified atom stereocenters. The Balaban J connectivity index is 1.59. The summed E-state index contributed by atoms with van der Waals surface area (Å²) in [4.78, 5) is 44.5. The first-order chi connectivity index (χ1) is 25.0. The summed E-state index contributed by atoms with van der Waals surface area (Å²) in [6.45, 7) is 7.57. The number of ether oxygens (including phenoxy) is 6. The average molecular weight is 790 g/mol. The maximum absolute atomic E-state index is 14.3. The lowest BCUT2D eigenvalue weighted by Crippen LogP contribution is -2.40. The first kappa shape index (κ1) is 38.7. The fourth-order valence-electron chi connectivity index (χ4n) is 5.40. The first-order valence-electron chi connectivity index (χ1n) is 16.2. The average Bonchev–Trinajstić information content (AvgIpc) is 3.41. The maximum atomic E-state index is 14.3. The van der Waals surface area contributed by atoms with Crippen molar-refractivity contribution in [3.8, 4) is 23.0 Å². The zero-order valence-corrected chi connectivity index (χ0v) is 32.0. The Labute approximate surface area is 318 Å². The third kappa shape index (κ3) is 8.58. The zero-order valence-electron chi connectivity index (χ0n) is 28.9. The van der Waals surface area contributed by atoms with Crippen molar-refractivity contribution in [3.63, 3.8) is 0 Å². The van der Waals surface area contributed by atoms with Gasteiger partial charge in [0.1, 0.15) is 6.61 Å². The summed E-state index contributed by atoms with van der Waals surface area (Å²) in [5.41, 5.74) is 2.07. The standard InChI is InChI=1S/C37H35Cl3N2O9S/c1-6-47-28-17-23(10-12-27(28)50-19-31(43)46-5)33-32(36(45)49-8-3)20(4)41-37-42(33)35(44)30(52-37)16-22-14-26(40)34(29(15-22)48-7-2)51-18-21-9-11-24(38)25(39)13-21/h9-17,33H,6-8,18-19H2,1-5H3/b30-16-/t33-/m1/s1. The summed E-state index contributed by atoms with van der Waals surface area (Å²) in [5.74, 6) is 0.118. The van der Waals surface area contributed by atoms with Crippen LogP contribution in [0.15, 0.2) is 69.6 Å². The second kappa shape index (κ2) is 17.4. The van der Waals surface area contributed by atoms with Gasteiger partial charge in [0, 0.05) is 0 Å². The molecule has 0 fully saturated rings. The fourth-order valence-corrected chi connectivity index (χ4v) is 7.04. The molecule has 2 heterocycles. The van der Waals surface area contributed by atoms with Crippen LogP contribution in [0.5, 0.6) is 23.0 Å². The number of benzene rings is 3. The van der Waals surface area contributed by atoms with Crippen LogP contribution in [-0.2, 0) is 25.7 Å². The van der Waals surface area contributed by atoms with Gasteiger partial charge < -0.3 is 28.4 Å². The van der Waals surface area contributed by atoms with Gasteiger partial charge in [-0.15, -0.1) is 0 Å². The predicted octanol–water partition coefficient (Wildman–Crippen LogP) is 6.69. The van der Waals surface area contributed by atoms with E-state index < -0.39 is 23.5 Å². The Hall–Kier alpha value is -4.49. The Kier molecular flexibility index (Phi) is 12.9. The van der Waals surface area contributed by atoms with E-state index >= 15 is 0 Å². The van der Waals surface area contributed by atoms with Gasteiger partial charge >= 0.3 is 11.9 Å². The van der Waals surface area contributed by atoms with E-state index in [1.807, 2.05) is 6.92 Å². The summed E-state index contributed by atoms with van der Waals surface area (Å²) in [5, 5.41) is 1.10. The van der Waals surface area contributed by atoms with Crippen molar-refractivity contribution >= 4 is 64.2 Å². The number of halogens is 3. The molecule has 4 aromatic rings. The van der Waals surface area contributed by atoms with Crippen molar-refractivity contribution in [3.05, 3.63) is 111 Å². The van der Waals surface area contributed by atoms with Crippen molar-refractivity contribution in [1.82, 2.24) is 4.57 Å². The molecule has 1 aliphatic heterocycles. The van der Waals surface area contributed by atoms with Crippen molar-refractivity contribution < 1.29 is 38.0 Å². The van der Waals surface area contributed by atoms with Crippen LogP contribution in [0.4, 0.5) is 0 Å². The molecule has 3 aromatic carbocycles. The number of hydrogen-bond donors (Lipinski definition) is 0. The third-order valence-electron chi connectivity index (χ3n) is 7.67. The van der Waals surface area contributed by atoms with Gasteiger partial charge in [0.15, 0.2) is 34.4 Å². The molecule has 11 nitrogen and oxygen atoms in total. The Morgan fingerprint density at radius 3 is 2.31 bits per heavy atom. The fraction of sp³-hybridized carbons (Fsp3) is 0.297. The number of methoxy groups -OCH3 is 1. The number of nitrogens with zero attached hydrogens (tertiary/aromatic N) is 2. The van der Waals surface area contributed by atoms with Gasteiger partial charge in [-0.1, -0.05) is 58.3 Å². The highest BCUT2D eigenvalue weighted by molar-refractivity contribution is 7.07. The second-order valence-corrected chi connectivity index (χ2v) is 13.3. The van der Waals surface area contributed by atoms with Crippen molar-refractivity contribution in [2.45, 2.75) is 40.3 Å². The lowest BCUT2D eigenvalue weighted by Gasteiger charge is -2.25. The van der Waals surface area contributed by atoms with Gasteiger partial charge in [0.05, 0.1) is 63.8 Å². The van der Waals surface area contributed by atoms with Gasteiger partial charge in [-0.25, -0.2) is 14.6 Å². The molecule has 5 rings (SSSR count). The molecular formula is C37H35Cl3N2O9S. The smallest absolute Gasteiger partial charge is 0.343 e. The number of allylic oxidation sites excluding steroid dienone is 1. The van der Waals surface area contributed by atoms with Crippen LogP contribution in [-0.4, -0.2) is 50.0 Å². The van der Waals surface area contributed by atoms with E-state index in [0.717, 1.165) is 16.9 Å². The summed E-state index contributed by atoms with van der Waals surface area (Å²) < 4.78 is 35.3. The minimum absolute atomic E-state index is 0.118. The summed E-state index contributed by atoms with van der Waals surface area (Å²) in [6, 6.07) is 12.6. The van der Waals surface area contributed by atoms with E-state index in [-0.39, 0.29) is 42.8 Å². The molecular weight excluding hydrogens is 755 g/mol. The quantitative estimate of drug-likeness (QED) is 0.129. The number of thiazole rings is 1. The summed E-state index contributed by atoms with van der Waals surface area (Å²) in [6.07, 6.45) is 1.68. The van der Waals surface area contributed by atoms with Crippen LogP contribution in [0.25, 0.3) is 6.08 Å². The molecule has 274 valence electrons. The molecule has 0 aliphatic carbocycles. The van der Waals surface area contributed by atoms with Gasteiger partial charge in [-0.05, 0) is 86.9 Å². The molecule has 15 heteroatoms. The van der Waals surface area contributed by atoms with E-state index in [4.69, 9.17) is 58.5 Å². The third-order valence-corrected chi connectivity index (χ3v) is 9.67. The number of carbonyl (C=O) groups is 2. The van der Waals surface area contributed by atoms with Crippen LogP contribution in [0, 0.1) is 0 Å². The van der Waals surface area contributed by atoms with Crippen LogP contribution in [0.1, 0.15) is 50.4 Å². The Bertz CT molecular complexity index is 2210. The second-order valence-electron chi connectivity index (χ2n) is 11.1. The van der Waals surface area contributed by atoms with E-state index in [9.17, 15) is 14.4 Å². The minimum atomic E-state index is -0.925. The molecule has 1 atom stereocenters. The highest BCUT2D eigenvalue weighted by atomic mass is 35.5. The van der Waals surface area contributed by atoms with E-state index in [1.54, 1.807) is 75.4 Å². The molecule has 0 radical (unpaired) electrons. The molecule has 0 spiro atoms. The van der Waals surface area contributed by atoms with Crippen LogP contribution in [0.3, 0.4) is 0 Å². The number of aromatic nitrogens is 1. The molecule has 1 aromatic heterocycles. The number of carbonyl (C=O) groups excluding carboxylic acids is 2. The molecule has 52 heavy (non-hydrogen) atoms. The monoisotopic (exact) mass is 788 g/mol. The van der Waals surface area contributed by atoms with Crippen molar-refractivity contribution in [2.75, 3.05) is 33.5 Å². The number of esters is 2. The zero-order chi connectivity index (χ0) is 37.5. The van der Waals surface area contributed by atoms with Gasteiger partial charge in [-0.2, -0.15) is 0 Å². The summed E-state index contributed by atoms with van der Waals surface area (Å²) in [7, 11) is 1.26. The number of rotatable bonds is 14. The van der Waals surface area contributed by atoms with Crippen LogP contribution >= 0.6 is 46.1 Å². The Morgan fingerprint density at radius 1 is 0.865 bits per heavy atom. The van der Waals surface area contributed by atoms with E-state index in [2.05, 4.69) is 9.73 Å². The van der Waals surface area contributed by atoms with Crippen LogP contribution < -0.4 is 33.8 Å². The number of hydrogen-bond acceptors (Lipinski definition) is 11. The van der Waals surface area contributed by atoms with Crippen molar-refractivity contribution in [2.24, 2.45) is 4.99 Å². The first-order valence-corrected chi connectivity index (χ1v) is 18.1. The van der Waals surface area contributed by atoms with E-state index in [0.29, 0.717) is 60.1 Å². The molecule has 0 saturated carbocycles. The van der Waals surface area contributed by atoms with Crippen LogP contribution in [0.2, 0.25) is 15.1 Å². The highest BCUT2D eigenvalue weighted by Crippen LogP contribution is 2.39. The SMILES string of the molecule is CCOC(=O)C1=C(C)N=c2s/c(=C\c3cc(Cl)c(OCc4ccc(Cl)c(Cl)c4)c(OCC)c3)c(=O)n2[C@@H]1c1ccc(OCC(=O)OC)c(OCC)c1. The maximum Gasteiger partial charge on any atom is 0.343 e. The summed E-state index contributed by atoms with van der Waals surface area (Å²) >= 11 is 20.1. The largest absolute Gasteiger partial charge is 0.490 e. The number of fused-ring (bicyclic) bond motifs is 1. The highest BCUT2D eigenvalue weighted by Gasteiger charge is 2.34. The van der Waals surface area contributed by atoms with Crippen molar-refractivity contribution in [1.29, 1.82) is 0 Å². The lowest BCUT2D eigenvalue weighted by atomic mass is 9.95. The Morgan fingerprint density at radius 2 is 1.62 bits per heavy atom. The lowest BCUT2D eigenvalue weighted by molar-refractivity contribution is -0.143. The normalized spacial score (nSPS) is 14.0. The van der Waals surface area contributed by atoms with Gasteiger partial charge in [0.2, 0.25) is 0 Å². The molecule has 1 aliphatic rings. The molecule has 0 amide bonds. The minimum Gasteiger partial charge on any atom is -0.490 e. The molecule has 0 N–H and O–H groups in total. The molecule has 0 saturated heterocycles. The molecule has 0 bridgehead atoms. The van der Waals surface area contributed by atoms with Gasteiger partial charge in [0.25, 0.3) is 5.56 Å².